The molecule has 0 fully saturated rings. The van der Waals surface area contributed by atoms with Gasteiger partial charge in [0.25, 0.3) is 5.91 Å². The van der Waals surface area contributed by atoms with E-state index in [1.54, 1.807) is 50.2 Å². The first-order chi connectivity index (χ1) is 20.8. The monoisotopic (exact) mass is 625 g/mol. The molecule has 0 atom stereocenters. The highest BCUT2D eigenvalue weighted by molar-refractivity contribution is 7.89. The van der Waals surface area contributed by atoms with Gasteiger partial charge in [-0.3, -0.25) is 9.59 Å². The van der Waals surface area contributed by atoms with Gasteiger partial charge in [0.05, 0.1) is 28.9 Å². The predicted molar refractivity (Wildman–Crippen MR) is 161 cm³/mol. The lowest BCUT2D eigenvalue weighted by Crippen LogP contribution is -2.39. The molecule has 2 amide bonds. The summed E-state index contributed by atoms with van der Waals surface area (Å²) in [6, 6.07) is 21.1. The normalized spacial score (nSPS) is 12.1. The van der Waals surface area contributed by atoms with Crippen molar-refractivity contribution in [2.45, 2.75) is 38.4 Å². The topological polar surface area (TPSA) is 113 Å². The molecule has 2 N–H and O–H groups in total. The van der Waals surface area contributed by atoms with Crippen molar-refractivity contribution < 1.29 is 31.2 Å². The number of aryl methyl sites for hydroxylation is 1. The lowest BCUT2D eigenvalue weighted by Gasteiger charge is -2.21. The number of aromatic nitrogens is 1. The summed E-state index contributed by atoms with van der Waals surface area (Å²) >= 11 is 0. The van der Waals surface area contributed by atoms with Crippen molar-refractivity contribution in [2.24, 2.45) is 5.10 Å². The van der Waals surface area contributed by atoms with Crippen molar-refractivity contribution in [3.8, 4) is 5.69 Å². The average molecular weight is 626 g/mol. The second-order valence-electron chi connectivity index (χ2n) is 9.93. The highest BCUT2D eigenvalue weighted by atomic mass is 32.2. The molecular formula is C31H30F3N5O4S. The second-order valence-corrected chi connectivity index (χ2v) is 11.9. The van der Waals surface area contributed by atoms with Crippen LogP contribution < -0.4 is 10.7 Å². The molecule has 3 aromatic carbocycles. The molecule has 0 bridgehead atoms. The van der Waals surface area contributed by atoms with Crippen molar-refractivity contribution in [1.82, 2.24) is 14.3 Å². The Labute approximate surface area is 253 Å². The number of benzene rings is 3. The van der Waals surface area contributed by atoms with Gasteiger partial charge in [0.15, 0.2) is 0 Å². The number of hydrogen-bond donors (Lipinski definition) is 2. The molecule has 4 aromatic rings. The Morgan fingerprint density at radius 3 is 2.23 bits per heavy atom. The maximum atomic E-state index is 13.6. The van der Waals surface area contributed by atoms with E-state index in [-0.39, 0.29) is 23.0 Å². The summed E-state index contributed by atoms with van der Waals surface area (Å²) in [6.45, 7) is 3.95. The fourth-order valence-electron chi connectivity index (χ4n) is 4.64. The molecule has 0 radical (unpaired) electrons. The zero-order valence-electron chi connectivity index (χ0n) is 24.1. The molecule has 44 heavy (non-hydrogen) atoms. The number of carbonyl (C=O) groups is 2. The summed E-state index contributed by atoms with van der Waals surface area (Å²) in [7, 11) is -4.16. The van der Waals surface area contributed by atoms with E-state index >= 15 is 0 Å². The Bertz CT molecular complexity index is 1790. The molecular weight excluding hydrogens is 595 g/mol. The Morgan fingerprint density at radius 2 is 1.59 bits per heavy atom. The second kappa shape index (κ2) is 13.3. The molecule has 0 unspecified atom stereocenters. The van der Waals surface area contributed by atoms with Crippen LogP contribution in [0.1, 0.15) is 35.0 Å². The minimum Gasteiger partial charge on any atom is -0.326 e. The summed E-state index contributed by atoms with van der Waals surface area (Å²) in [5.74, 6) is -1.04. The molecule has 1 heterocycles. The van der Waals surface area contributed by atoms with E-state index < -0.39 is 34.2 Å². The number of rotatable bonds is 10. The van der Waals surface area contributed by atoms with Crippen molar-refractivity contribution in [2.75, 3.05) is 11.9 Å². The number of para-hydroxylation sites is 1. The molecule has 9 nitrogen and oxygen atoms in total. The maximum Gasteiger partial charge on any atom is 0.418 e. The van der Waals surface area contributed by atoms with Gasteiger partial charge in [-0.25, -0.2) is 13.8 Å². The Hall–Kier alpha value is -4.75. The van der Waals surface area contributed by atoms with E-state index in [2.05, 4.69) is 15.8 Å². The summed E-state index contributed by atoms with van der Waals surface area (Å²) < 4.78 is 70.5. The minimum absolute atomic E-state index is 0.0365. The average Bonchev–Trinajstić information content (AvgIpc) is 3.25. The Balaban J connectivity index is 1.54. The number of sulfonamides is 1. The van der Waals surface area contributed by atoms with Crippen LogP contribution in [-0.4, -0.2) is 41.9 Å². The number of anilines is 1. The van der Waals surface area contributed by atoms with Crippen LogP contribution in [0.5, 0.6) is 0 Å². The van der Waals surface area contributed by atoms with E-state index in [9.17, 15) is 31.2 Å². The quantitative estimate of drug-likeness (QED) is 0.181. The lowest BCUT2D eigenvalue weighted by molar-refractivity contribution is -0.137. The molecule has 0 aliphatic heterocycles. The van der Waals surface area contributed by atoms with Crippen LogP contribution in [0.4, 0.5) is 18.9 Å². The molecule has 1 aromatic heterocycles. The highest BCUT2D eigenvalue weighted by Gasteiger charge is 2.34. The molecule has 13 heteroatoms. The molecule has 230 valence electrons. The van der Waals surface area contributed by atoms with E-state index in [4.69, 9.17) is 0 Å². The first-order valence-electron chi connectivity index (χ1n) is 13.4. The van der Waals surface area contributed by atoms with E-state index in [1.165, 1.54) is 60.2 Å². The van der Waals surface area contributed by atoms with Gasteiger partial charge in [0.2, 0.25) is 15.9 Å². The molecule has 0 spiro atoms. The number of halogens is 3. The van der Waals surface area contributed by atoms with Crippen LogP contribution in [0.25, 0.3) is 5.69 Å². The van der Waals surface area contributed by atoms with Crippen LogP contribution >= 0.6 is 0 Å². The molecule has 4 rings (SSSR count). The Kier molecular flexibility index (Phi) is 9.70. The van der Waals surface area contributed by atoms with E-state index in [0.29, 0.717) is 28.2 Å². The standard InChI is InChI=1S/C31H30F3N5O4S/c1-21-17-25(22(2)39(21)29-12-8-7-11-28(29)31(32,33)34)18-35-37-30(41)20-38(19-24-9-5-4-6-10-24)44(42,43)27-15-13-26(14-16-27)36-23(3)40/h4-18H,19-20H2,1-3H3,(H,36,40)(H,37,41)/b35-18+. The van der Waals surface area contributed by atoms with Crippen LogP contribution in [0.2, 0.25) is 0 Å². The number of nitrogens with zero attached hydrogens (tertiary/aromatic N) is 3. The lowest BCUT2D eigenvalue weighted by atomic mass is 10.1. The SMILES string of the molecule is CC(=O)Nc1ccc(S(=O)(=O)N(CC(=O)N/N=C/c2cc(C)n(-c3ccccc3C(F)(F)F)c2C)Cc2ccccc2)cc1. The van der Waals surface area contributed by atoms with Crippen molar-refractivity contribution in [3.05, 3.63) is 113 Å². The maximum absolute atomic E-state index is 13.6. The fraction of sp³-hybridized carbons (Fsp3) is 0.194. The van der Waals surface area contributed by atoms with E-state index in [0.717, 1.165) is 10.4 Å². The van der Waals surface area contributed by atoms with Gasteiger partial charge in [-0.1, -0.05) is 42.5 Å². The van der Waals surface area contributed by atoms with E-state index in [1.807, 2.05) is 0 Å². The number of nitrogens with one attached hydrogen (secondary N) is 2. The first kappa shape index (κ1) is 32.2. The van der Waals surface area contributed by atoms with Crippen LogP contribution in [0.3, 0.4) is 0 Å². The largest absolute Gasteiger partial charge is 0.418 e. The molecule has 0 aliphatic rings. The highest BCUT2D eigenvalue weighted by Crippen LogP contribution is 2.35. The van der Waals surface area contributed by atoms with Gasteiger partial charge in [-0.2, -0.15) is 22.6 Å². The summed E-state index contributed by atoms with van der Waals surface area (Å²) in [5, 5.41) is 6.52. The van der Waals surface area contributed by atoms with Crippen LogP contribution in [-0.2, 0) is 32.3 Å². The molecule has 0 aliphatic carbocycles. The van der Waals surface area contributed by atoms with Gasteiger partial charge in [0, 0.05) is 36.1 Å². The summed E-state index contributed by atoms with van der Waals surface area (Å²) in [6.07, 6.45) is -3.26. The zero-order chi connectivity index (χ0) is 32.1. The smallest absolute Gasteiger partial charge is 0.326 e. The van der Waals surface area contributed by atoms with Gasteiger partial charge in [0.1, 0.15) is 0 Å². The molecule has 0 saturated heterocycles. The van der Waals surface area contributed by atoms with Crippen molar-refractivity contribution >= 4 is 33.7 Å². The summed E-state index contributed by atoms with van der Waals surface area (Å²) in [4.78, 5) is 24.2. The first-order valence-corrected chi connectivity index (χ1v) is 14.8. The number of hydrazone groups is 1. The van der Waals surface area contributed by atoms with Crippen LogP contribution in [0.15, 0.2) is 94.9 Å². The van der Waals surface area contributed by atoms with Crippen molar-refractivity contribution in [1.29, 1.82) is 0 Å². The van der Waals surface area contributed by atoms with Gasteiger partial charge >= 0.3 is 6.18 Å². The zero-order valence-corrected chi connectivity index (χ0v) is 24.9. The number of amides is 2. The third-order valence-electron chi connectivity index (χ3n) is 6.65. The third kappa shape index (κ3) is 7.60. The van der Waals surface area contributed by atoms with Gasteiger partial charge in [-0.15, -0.1) is 0 Å². The Morgan fingerprint density at radius 1 is 0.955 bits per heavy atom. The van der Waals surface area contributed by atoms with Gasteiger partial charge < -0.3 is 9.88 Å². The van der Waals surface area contributed by atoms with Crippen molar-refractivity contribution in [3.63, 3.8) is 0 Å². The fourth-order valence-corrected chi connectivity index (χ4v) is 6.03. The van der Waals surface area contributed by atoms with Crippen LogP contribution in [0, 0.1) is 13.8 Å². The third-order valence-corrected chi connectivity index (χ3v) is 8.45. The number of carbonyl (C=O) groups excluding carboxylic acids is 2. The van der Waals surface area contributed by atoms with Gasteiger partial charge in [-0.05, 0) is 61.9 Å². The predicted octanol–water partition coefficient (Wildman–Crippen LogP) is 5.41. The number of hydrogen-bond acceptors (Lipinski definition) is 5. The summed E-state index contributed by atoms with van der Waals surface area (Å²) in [5.41, 5.74) is 4.01. The number of alkyl halides is 3. The minimum atomic E-state index is -4.55. The molecule has 0 saturated carbocycles.